The van der Waals surface area contributed by atoms with Crippen LogP contribution >= 0.6 is 11.8 Å². The van der Waals surface area contributed by atoms with E-state index in [0.29, 0.717) is 11.5 Å². The van der Waals surface area contributed by atoms with Crippen molar-refractivity contribution in [3.63, 3.8) is 0 Å². The molecule has 10 heteroatoms. The van der Waals surface area contributed by atoms with E-state index in [2.05, 4.69) is 55.1 Å². The highest BCUT2D eigenvalue weighted by Gasteiger charge is 2.52. The highest BCUT2D eigenvalue weighted by Crippen LogP contribution is 2.38. The summed E-state index contributed by atoms with van der Waals surface area (Å²) in [4.78, 5) is 3.03. The maximum absolute atomic E-state index is 11.6. The van der Waals surface area contributed by atoms with Crippen molar-refractivity contribution in [3.05, 3.63) is 95.4 Å². The lowest BCUT2D eigenvalue weighted by molar-refractivity contribution is -0.156. The zero-order chi connectivity index (χ0) is 28.8. The number of rotatable bonds is 10. The number of nitrogens with zero attached hydrogens (tertiary/aromatic N) is 3. The number of azide groups is 1. The lowest BCUT2D eigenvalue weighted by Crippen LogP contribution is -2.68. The minimum Gasteiger partial charge on any atom is -0.497 e. The van der Waals surface area contributed by atoms with E-state index in [9.17, 15) is 10.6 Å². The molecule has 212 valence electrons. The van der Waals surface area contributed by atoms with E-state index in [4.69, 9.17) is 18.6 Å². The van der Waals surface area contributed by atoms with Crippen LogP contribution in [0.25, 0.3) is 10.4 Å². The van der Waals surface area contributed by atoms with Gasteiger partial charge in [-0.05, 0) is 51.5 Å². The van der Waals surface area contributed by atoms with Crippen molar-refractivity contribution in [2.45, 2.75) is 55.6 Å². The van der Waals surface area contributed by atoms with Crippen molar-refractivity contribution in [2.24, 2.45) is 5.11 Å². The van der Waals surface area contributed by atoms with Gasteiger partial charge in [0.05, 0.1) is 13.7 Å². The fraction of sp³-hybridized carbons (Fsp3) is 0.400. The number of thioether (sulfide) groups is 1. The van der Waals surface area contributed by atoms with Crippen LogP contribution in [0.15, 0.2) is 90.0 Å². The fourth-order valence-electron chi connectivity index (χ4n) is 5.33. The van der Waals surface area contributed by atoms with E-state index in [1.165, 1.54) is 11.8 Å². The topological polar surface area (TPSA) is 106 Å². The van der Waals surface area contributed by atoms with Crippen LogP contribution < -0.4 is 19.8 Å². The van der Waals surface area contributed by atoms with Crippen molar-refractivity contribution in [1.82, 2.24) is 0 Å². The first-order valence-corrected chi connectivity index (χ1v) is 16.4. The Morgan fingerprint density at radius 2 is 1.50 bits per heavy atom. The molecule has 0 bridgehead atoms. The molecule has 1 heterocycles. The summed E-state index contributed by atoms with van der Waals surface area (Å²) >= 11 is 1.41. The monoisotopic (exact) mass is 579 g/mol. The van der Waals surface area contributed by atoms with Gasteiger partial charge < -0.3 is 23.7 Å². The van der Waals surface area contributed by atoms with Crippen molar-refractivity contribution in [3.8, 4) is 11.5 Å². The van der Waals surface area contributed by atoms with Gasteiger partial charge in [-0.2, -0.15) is 0 Å². The lowest BCUT2D eigenvalue weighted by atomic mass is 9.98. The molecule has 4 rings (SSSR count). The van der Waals surface area contributed by atoms with Crippen molar-refractivity contribution in [1.29, 1.82) is 0 Å². The predicted octanol–water partition coefficient (Wildman–Crippen LogP) is 5.15. The van der Waals surface area contributed by atoms with E-state index in [1.54, 1.807) is 31.4 Å². The first-order valence-electron chi connectivity index (χ1n) is 13.2. The Morgan fingerprint density at radius 3 is 1.98 bits per heavy atom. The van der Waals surface area contributed by atoms with E-state index in [0.717, 1.165) is 10.4 Å². The average molecular weight is 580 g/mol. The molecule has 8 nitrogen and oxygen atoms in total. The summed E-state index contributed by atoms with van der Waals surface area (Å²) in [6.45, 7) is 6.75. The molecule has 0 radical (unpaired) electrons. The third kappa shape index (κ3) is 6.17. The van der Waals surface area contributed by atoms with Gasteiger partial charge in [-0.15, -0.1) is 11.8 Å². The third-order valence-corrected chi connectivity index (χ3v) is 13.1. The maximum atomic E-state index is 11.6. The Bertz CT molecular complexity index is 1230. The average Bonchev–Trinajstić information content (AvgIpc) is 2.97. The second-order valence-electron chi connectivity index (χ2n) is 10.7. The predicted molar refractivity (Wildman–Crippen MR) is 162 cm³/mol. The molecule has 0 aliphatic carbocycles. The molecule has 0 spiro atoms. The van der Waals surface area contributed by atoms with Gasteiger partial charge in [0.2, 0.25) is 0 Å². The van der Waals surface area contributed by atoms with Gasteiger partial charge in [0.25, 0.3) is 8.32 Å². The molecule has 0 aromatic heterocycles. The van der Waals surface area contributed by atoms with E-state index >= 15 is 0 Å². The number of aliphatic hydroxyl groups excluding tert-OH is 1. The van der Waals surface area contributed by atoms with Gasteiger partial charge in [0, 0.05) is 4.91 Å². The molecular weight excluding hydrogens is 542 g/mol. The number of aliphatic hydroxyl groups is 1. The normalized spacial score (nSPS) is 23.2. The second kappa shape index (κ2) is 13.1. The molecule has 40 heavy (non-hydrogen) atoms. The molecule has 1 aliphatic heterocycles. The molecule has 1 aliphatic rings. The first kappa shape index (κ1) is 30.0. The molecule has 3 aromatic carbocycles. The standard InChI is InChI=1S/C30H37N3O5SSi/c1-30(2,3)40(23-12-8-6-9-13-23,24-14-10-7-11-15-24)36-20-25-27(34)28(26(32-33-31)29(38-25)39-5)37-22-18-16-21(35-4)17-19-22/h6-19,25-29,34H,20H2,1-5H3/t25-,26-,27-,28-,29+/m1/s1. The Morgan fingerprint density at radius 1 is 0.950 bits per heavy atom. The van der Waals surface area contributed by atoms with Gasteiger partial charge in [-0.1, -0.05) is 86.5 Å². The smallest absolute Gasteiger partial charge is 0.261 e. The van der Waals surface area contributed by atoms with Gasteiger partial charge >= 0.3 is 0 Å². The molecule has 0 unspecified atom stereocenters. The molecule has 1 saturated heterocycles. The minimum atomic E-state index is -2.87. The number of ether oxygens (including phenoxy) is 3. The van der Waals surface area contributed by atoms with Crippen LogP contribution in [0.4, 0.5) is 0 Å². The van der Waals surface area contributed by atoms with E-state index in [1.807, 2.05) is 42.7 Å². The quantitative estimate of drug-likeness (QED) is 0.154. The van der Waals surface area contributed by atoms with E-state index < -0.39 is 38.1 Å². The highest BCUT2D eigenvalue weighted by molar-refractivity contribution is 7.99. The van der Waals surface area contributed by atoms with Gasteiger partial charge in [0.1, 0.15) is 41.3 Å². The van der Waals surface area contributed by atoms with Crippen molar-refractivity contribution in [2.75, 3.05) is 20.0 Å². The summed E-state index contributed by atoms with van der Waals surface area (Å²) < 4.78 is 24.9. The first-order chi connectivity index (χ1) is 19.2. The number of hydrogen-bond donors (Lipinski definition) is 1. The molecule has 1 N–H and O–H groups in total. The fourth-order valence-corrected chi connectivity index (χ4v) is 10.6. The summed E-state index contributed by atoms with van der Waals surface area (Å²) in [6, 6.07) is 27.0. The van der Waals surface area contributed by atoms with Gasteiger partial charge in [0.15, 0.2) is 0 Å². The van der Waals surface area contributed by atoms with Crippen LogP contribution in [0.5, 0.6) is 11.5 Å². The van der Waals surface area contributed by atoms with Crippen LogP contribution in [0.1, 0.15) is 20.8 Å². The van der Waals surface area contributed by atoms with Crippen LogP contribution in [0.3, 0.4) is 0 Å². The molecule has 0 saturated carbocycles. The Hall–Kier alpha value is -2.98. The molecule has 1 fully saturated rings. The van der Waals surface area contributed by atoms with Crippen LogP contribution in [-0.4, -0.2) is 63.2 Å². The Balaban J connectivity index is 1.69. The third-order valence-electron chi connectivity index (χ3n) is 7.27. The van der Waals surface area contributed by atoms with Gasteiger partial charge in [-0.3, -0.25) is 0 Å². The number of methoxy groups -OCH3 is 1. The number of benzene rings is 3. The summed E-state index contributed by atoms with van der Waals surface area (Å²) in [7, 11) is -1.28. The van der Waals surface area contributed by atoms with Crippen LogP contribution in [0, 0.1) is 0 Å². The SMILES string of the molecule is COc1ccc(O[C@H]2[C@H](O)[C@@H](CO[Si](c3ccccc3)(c3ccccc3)C(C)(C)C)O[C@@H](SC)[C@@H]2N=[N+]=[N-])cc1. The summed E-state index contributed by atoms with van der Waals surface area (Å²) in [6.07, 6.45) is -0.790. The largest absolute Gasteiger partial charge is 0.497 e. The van der Waals surface area contributed by atoms with Gasteiger partial charge in [-0.25, -0.2) is 0 Å². The summed E-state index contributed by atoms with van der Waals surface area (Å²) in [5.74, 6) is 1.21. The maximum Gasteiger partial charge on any atom is 0.261 e. The minimum absolute atomic E-state index is 0.136. The van der Waals surface area contributed by atoms with Crippen molar-refractivity contribution < 1.29 is 23.7 Å². The lowest BCUT2D eigenvalue weighted by Gasteiger charge is -2.46. The summed E-state index contributed by atoms with van der Waals surface area (Å²) in [5.41, 5.74) is 8.78. The number of hydrogen-bond acceptors (Lipinski definition) is 7. The second-order valence-corrected chi connectivity index (χ2v) is 15.9. The van der Waals surface area contributed by atoms with Crippen LogP contribution in [-0.2, 0) is 9.16 Å². The zero-order valence-electron chi connectivity index (χ0n) is 23.5. The molecule has 0 amide bonds. The highest BCUT2D eigenvalue weighted by atomic mass is 32.2. The molecule has 5 atom stereocenters. The van der Waals surface area contributed by atoms with Crippen LogP contribution in [0.2, 0.25) is 5.04 Å². The Labute approximate surface area is 241 Å². The summed E-state index contributed by atoms with van der Waals surface area (Å²) in [5, 5.41) is 17.6. The zero-order valence-corrected chi connectivity index (χ0v) is 25.3. The van der Waals surface area contributed by atoms with E-state index in [-0.39, 0.29) is 11.6 Å². The molecule has 3 aromatic rings. The Kier molecular flexibility index (Phi) is 9.84. The molecular formula is C30H37N3O5SSi. The van der Waals surface area contributed by atoms with Crippen molar-refractivity contribution >= 4 is 30.5 Å².